The predicted molar refractivity (Wildman–Crippen MR) is 137 cm³/mol. The average Bonchev–Trinajstić information content (AvgIpc) is 2.78. The molecule has 0 aliphatic rings. The Hall–Kier alpha value is -3.93. The molecule has 0 aliphatic heterocycles. The highest BCUT2D eigenvalue weighted by Crippen LogP contribution is 2.21. The van der Waals surface area contributed by atoms with Crippen molar-refractivity contribution in [3.8, 4) is 0 Å². The first-order valence-electron chi connectivity index (χ1n) is 11.7. The Morgan fingerprint density at radius 2 is 1.83 bits per heavy atom. The summed E-state index contributed by atoms with van der Waals surface area (Å²) in [5.74, 6) is -1.47. The number of fused-ring (bicyclic) bond motifs is 1. The monoisotopic (exact) mass is 501 g/mol. The van der Waals surface area contributed by atoms with Gasteiger partial charge in [0.25, 0.3) is 0 Å². The standard InChI is InChI=1S/C24H35N7O5/c1-13(2)9-17(25)22(34)29-12-20(32)31-18(5-4-8-28-24(26)27)23(35)30-15-6-7-16-14(3)10-21(33)36-19(16)11-15/h6-7,10-11,13,17-18H,4-5,8-9,12,25H2,1-3H3,(H,29,34)(H,30,35)(H,31,32)(H4,26,27,28). The molecule has 0 saturated carbocycles. The molecule has 12 nitrogen and oxygen atoms in total. The molecule has 196 valence electrons. The molecule has 12 heteroatoms. The number of nitrogens with two attached hydrogens (primary N) is 2. The molecule has 36 heavy (non-hydrogen) atoms. The number of carbonyl (C=O) groups excluding carboxylic acids is 3. The molecule has 0 spiro atoms. The molecule has 0 saturated heterocycles. The van der Waals surface area contributed by atoms with Crippen LogP contribution in [-0.2, 0) is 14.4 Å². The highest BCUT2D eigenvalue weighted by molar-refractivity contribution is 5.99. The van der Waals surface area contributed by atoms with Crippen molar-refractivity contribution < 1.29 is 18.8 Å². The fourth-order valence-electron chi connectivity index (χ4n) is 3.59. The van der Waals surface area contributed by atoms with Crippen LogP contribution in [0.15, 0.2) is 33.5 Å². The molecule has 2 aromatic rings. The number of hydrogen-bond donors (Lipinski definition) is 7. The van der Waals surface area contributed by atoms with Crippen LogP contribution in [0, 0.1) is 18.3 Å². The Labute approximate surface area is 209 Å². The van der Waals surface area contributed by atoms with Crippen LogP contribution >= 0.6 is 0 Å². The summed E-state index contributed by atoms with van der Waals surface area (Å²) in [6.07, 6.45) is 1.14. The molecular weight excluding hydrogens is 466 g/mol. The first-order valence-corrected chi connectivity index (χ1v) is 11.7. The first-order chi connectivity index (χ1) is 17.0. The molecule has 9 N–H and O–H groups in total. The van der Waals surface area contributed by atoms with E-state index < -0.39 is 35.4 Å². The second kappa shape index (κ2) is 13.2. The lowest BCUT2D eigenvalue weighted by atomic mass is 10.0. The Morgan fingerprint density at radius 1 is 1.11 bits per heavy atom. The van der Waals surface area contributed by atoms with Crippen LogP contribution in [0.4, 0.5) is 5.69 Å². The molecule has 2 rings (SSSR count). The number of rotatable bonds is 12. The summed E-state index contributed by atoms with van der Waals surface area (Å²) in [7, 11) is 0. The largest absolute Gasteiger partial charge is 0.423 e. The second-order valence-electron chi connectivity index (χ2n) is 9.01. The number of guanidine groups is 1. The van der Waals surface area contributed by atoms with Gasteiger partial charge < -0.3 is 37.2 Å². The van der Waals surface area contributed by atoms with Crippen LogP contribution in [0.1, 0.15) is 38.7 Å². The zero-order chi connectivity index (χ0) is 26.8. The van der Waals surface area contributed by atoms with E-state index >= 15 is 0 Å². The topological polar surface area (TPSA) is 205 Å². The maximum Gasteiger partial charge on any atom is 0.336 e. The molecule has 0 radical (unpaired) electrons. The fourth-order valence-corrected chi connectivity index (χ4v) is 3.59. The van der Waals surface area contributed by atoms with Gasteiger partial charge in [0.15, 0.2) is 5.96 Å². The van der Waals surface area contributed by atoms with Gasteiger partial charge in [0.2, 0.25) is 17.7 Å². The third-order valence-corrected chi connectivity index (χ3v) is 5.34. The Balaban J connectivity index is 2.06. The Bertz CT molecular complexity index is 1160. The molecule has 1 aromatic carbocycles. The van der Waals surface area contributed by atoms with Crippen LogP contribution in [0.5, 0.6) is 0 Å². The summed E-state index contributed by atoms with van der Waals surface area (Å²) in [4.78, 5) is 49.3. The zero-order valence-corrected chi connectivity index (χ0v) is 20.8. The molecule has 0 bridgehead atoms. The van der Waals surface area contributed by atoms with Gasteiger partial charge in [0, 0.05) is 29.8 Å². The summed E-state index contributed by atoms with van der Waals surface area (Å²) in [6.45, 7) is 5.66. The molecule has 1 aromatic heterocycles. The lowest BCUT2D eigenvalue weighted by Crippen LogP contribution is -2.50. The third kappa shape index (κ3) is 9.02. The smallest absolute Gasteiger partial charge is 0.336 e. The number of nitrogens with one attached hydrogen (secondary N) is 5. The first kappa shape index (κ1) is 28.3. The quantitative estimate of drug-likeness (QED) is 0.0928. The van der Waals surface area contributed by atoms with Gasteiger partial charge in [0.05, 0.1) is 12.6 Å². The SMILES string of the molecule is Cc1cc(=O)oc2cc(NC(=O)C(CCCNC(=N)N)NC(=O)CNC(=O)C(N)CC(C)C)ccc12. The van der Waals surface area contributed by atoms with Crippen LogP contribution in [0.2, 0.25) is 0 Å². The fraction of sp³-hybridized carbons (Fsp3) is 0.458. The van der Waals surface area contributed by atoms with Crippen molar-refractivity contribution in [2.45, 2.75) is 52.1 Å². The minimum Gasteiger partial charge on any atom is -0.423 e. The molecule has 2 unspecified atom stereocenters. The van der Waals surface area contributed by atoms with Crippen molar-refractivity contribution >= 4 is 40.3 Å². The Morgan fingerprint density at radius 3 is 2.50 bits per heavy atom. The van der Waals surface area contributed by atoms with Gasteiger partial charge in [-0.3, -0.25) is 19.8 Å². The summed E-state index contributed by atoms with van der Waals surface area (Å²) < 4.78 is 5.22. The van der Waals surface area contributed by atoms with Gasteiger partial charge in [0.1, 0.15) is 11.6 Å². The lowest BCUT2D eigenvalue weighted by Gasteiger charge is -2.20. The normalized spacial score (nSPS) is 12.6. The van der Waals surface area contributed by atoms with E-state index in [1.54, 1.807) is 19.1 Å². The molecule has 3 amide bonds. The second-order valence-corrected chi connectivity index (χ2v) is 9.01. The van der Waals surface area contributed by atoms with Crippen molar-refractivity contribution in [2.24, 2.45) is 17.4 Å². The number of amides is 3. The van der Waals surface area contributed by atoms with Crippen molar-refractivity contribution in [2.75, 3.05) is 18.4 Å². The van der Waals surface area contributed by atoms with Crippen molar-refractivity contribution in [3.63, 3.8) is 0 Å². The molecule has 0 aliphatic carbocycles. The van der Waals surface area contributed by atoms with E-state index in [0.717, 1.165) is 10.9 Å². The lowest BCUT2D eigenvalue weighted by molar-refractivity contribution is -0.128. The number of hydrogen-bond acceptors (Lipinski definition) is 7. The highest BCUT2D eigenvalue weighted by Gasteiger charge is 2.22. The van der Waals surface area contributed by atoms with E-state index in [1.165, 1.54) is 12.1 Å². The van der Waals surface area contributed by atoms with E-state index in [-0.39, 0.29) is 24.8 Å². The van der Waals surface area contributed by atoms with Crippen LogP contribution in [-0.4, -0.2) is 48.9 Å². The van der Waals surface area contributed by atoms with E-state index in [1.807, 2.05) is 13.8 Å². The van der Waals surface area contributed by atoms with Gasteiger partial charge >= 0.3 is 5.63 Å². The van der Waals surface area contributed by atoms with E-state index in [0.29, 0.717) is 30.7 Å². The summed E-state index contributed by atoms with van der Waals surface area (Å²) in [5.41, 5.74) is 12.1. The summed E-state index contributed by atoms with van der Waals surface area (Å²) in [6, 6.07) is 4.64. The molecular formula is C24H35N7O5. The minimum atomic E-state index is -0.937. The van der Waals surface area contributed by atoms with E-state index in [2.05, 4.69) is 21.3 Å². The van der Waals surface area contributed by atoms with Gasteiger partial charge in [-0.25, -0.2) is 4.79 Å². The van der Waals surface area contributed by atoms with Gasteiger partial charge in [-0.05, 0) is 49.8 Å². The highest BCUT2D eigenvalue weighted by atomic mass is 16.4. The molecule has 0 fully saturated rings. The molecule has 1 heterocycles. The third-order valence-electron chi connectivity index (χ3n) is 5.34. The van der Waals surface area contributed by atoms with Gasteiger partial charge in [-0.1, -0.05) is 13.8 Å². The van der Waals surface area contributed by atoms with Crippen LogP contribution in [0.25, 0.3) is 11.0 Å². The van der Waals surface area contributed by atoms with Crippen LogP contribution < -0.4 is 38.4 Å². The van der Waals surface area contributed by atoms with Gasteiger partial charge in [-0.15, -0.1) is 0 Å². The van der Waals surface area contributed by atoms with Crippen LogP contribution in [0.3, 0.4) is 0 Å². The van der Waals surface area contributed by atoms with Crippen molar-refractivity contribution in [3.05, 3.63) is 40.2 Å². The minimum absolute atomic E-state index is 0.201. The molecule has 2 atom stereocenters. The Kier molecular flexibility index (Phi) is 10.4. The van der Waals surface area contributed by atoms with E-state index in [9.17, 15) is 19.2 Å². The number of benzene rings is 1. The maximum atomic E-state index is 13.0. The zero-order valence-electron chi connectivity index (χ0n) is 20.8. The van der Waals surface area contributed by atoms with Crippen molar-refractivity contribution in [1.29, 1.82) is 5.41 Å². The number of carbonyl (C=O) groups is 3. The maximum absolute atomic E-state index is 13.0. The van der Waals surface area contributed by atoms with E-state index in [4.69, 9.17) is 21.3 Å². The number of anilines is 1. The summed E-state index contributed by atoms with van der Waals surface area (Å²) in [5, 5.41) is 18.4. The van der Waals surface area contributed by atoms with Crippen molar-refractivity contribution in [1.82, 2.24) is 16.0 Å². The predicted octanol–water partition coefficient (Wildman–Crippen LogP) is 0.278. The number of aryl methyl sites for hydroxylation is 1. The summed E-state index contributed by atoms with van der Waals surface area (Å²) >= 11 is 0. The average molecular weight is 502 g/mol. The van der Waals surface area contributed by atoms with Gasteiger partial charge in [-0.2, -0.15) is 0 Å².